The molecule has 0 bridgehead atoms. The Morgan fingerprint density at radius 3 is 2.21 bits per heavy atom. The van der Waals surface area contributed by atoms with Gasteiger partial charge in [0.2, 0.25) is 23.6 Å². The maximum Gasteiger partial charge on any atom is 0.336 e. The maximum absolute atomic E-state index is 14.1. The molecule has 2 aliphatic rings. The van der Waals surface area contributed by atoms with Crippen LogP contribution in [0.3, 0.4) is 0 Å². The van der Waals surface area contributed by atoms with Crippen LogP contribution in [0.2, 0.25) is 0 Å². The summed E-state index contributed by atoms with van der Waals surface area (Å²) >= 11 is 0. The summed E-state index contributed by atoms with van der Waals surface area (Å²) in [4.78, 5) is 54.0. The minimum atomic E-state index is -3.53. The number of nitrogens with one attached hydrogen (secondary N) is 3. The second-order valence-corrected chi connectivity index (χ2v) is 20.0. The van der Waals surface area contributed by atoms with Gasteiger partial charge in [-0.3, -0.25) is 23.7 Å². The van der Waals surface area contributed by atoms with Gasteiger partial charge in [0.15, 0.2) is 0 Å². The summed E-state index contributed by atoms with van der Waals surface area (Å²) in [5, 5.41) is 11.2. The summed E-state index contributed by atoms with van der Waals surface area (Å²) in [6, 6.07) is 21.1. The van der Waals surface area contributed by atoms with Crippen LogP contribution < -0.4 is 21.7 Å². The van der Waals surface area contributed by atoms with Crippen LogP contribution in [0.25, 0.3) is 10.8 Å². The number of primary amides is 1. The van der Waals surface area contributed by atoms with Crippen LogP contribution in [-0.2, 0) is 45.4 Å². The lowest BCUT2D eigenvalue weighted by molar-refractivity contribution is -0.136. The van der Waals surface area contributed by atoms with Gasteiger partial charge in [-0.05, 0) is 119 Å². The molecule has 58 heavy (non-hydrogen) atoms. The highest BCUT2D eigenvalue weighted by atomic mass is 31.2. The standard InChI is InChI=1S/C46H63N4O7P/c1-44(2,3)56-58(55,57-45(4,5)6)31-32-21-23-34(24-22-32)36-17-9-8-15-33(27-37-19-14-18-35-16-10-11-20-38(35)37)30-48-42(53)39(29-40(47)51)49-43(54)46(50-41(52)28-36)25-12-7-13-26-46/h10-12,14,16,18-25,33,36,39H,7-9,13,15,17,26-31H2,1-6H3,(H2,47,51)(H,48,53)(H,49,54)(H,50,52). The molecular formula is C46H63N4O7P. The number of allylic oxidation sites excluding steroid dienone is 1. The number of hydrogen-bond donors (Lipinski definition) is 4. The quantitative estimate of drug-likeness (QED) is 0.125. The van der Waals surface area contributed by atoms with Crippen LogP contribution >= 0.6 is 7.60 Å². The van der Waals surface area contributed by atoms with Gasteiger partial charge >= 0.3 is 7.60 Å². The van der Waals surface area contributed by atoms with E-state index in [1.54, 1.807) is 6.08 Å². The van der Waals surface area contributed by atoms with Crippen molar-refractivity contribution >= 4 is 42.0 Å². The third-order valence-corrected chi connectivity index (χ3v) is 13.0. The van der Waals surface area contributed by atoms with Gasteiger partial charge in [0, 0.05) is 13.0 Å². The lowest BCUT2D eigenvalue weighted by Gasteiger charge is -2.35. The number of carbonyl (C=O) groups is 4. The first-order valence-corrected chi connectivity index (χ1v) is 22.5. The molecule has 0 aromatic heterocycles. The fourth-order valence-electron chi connectivity index (χ4n) is 8.11. The van der Waals surface area contributed by atoms with Gasteiger partial charge in [-0.2, -0.15) is 0 Å². The van der Waals surface area contributed by atoms with Crippen LogP contribution in [0, 0.1) is 5.92 Å². The van der Waals surface area contributed by atoms with Crippen molar-refractivity contribution in [2.75, 3.05) is 6.54 Å². The number of hydrogen-bond acceptors (Lipinski definition) is 7. The molecule has 1 fully saturated rings. The van der Waals surface area contributed by atoms with E-state index >= 15 is 0 Å². The van der Waals surface area contributed by atoms with Crippen LogP contribution in [0.15, 0.2) is 78.9 Å². The summed E-state index contributed by atoms with van der Waals surface area (Å²) in [6.07, 6.45) is 9.08. The zero-order valence-corrected chi connectivity index (χ0v) is 36.0. The van der Waals surface area contributed by atoms with Crippen molar-refractivity contribution in [2.45, 2.75) is 141 Å². The van der Waals surface area contributed by atoms with E-state index in [0.717, 1.165) is 54.0 Å². The largest absolute Gasteiger partial charge is 0.370 e. The molecule has 5 rings (SSSR count). The number of fused-ring (bicyclic) bond motifs is 1. The zero-order valence-electron chi connectivity index (χ0n) is 35.1. The Kier molecular flexibility index (Phi) is 14.8. The van der Waals surface area contributed by atoms with Crippen molar-refractivity contribution in [3.05, 3.63) is 95.6 Å². The molecule has 1 aliphatic heterocycles. The minimum Gasteiger partial charge on any atom is -0.370 e. The molecular weight excluding hydrogens is 752 g/mol. The second-order valence-electron chi connectivity index (χ2n) is 18.1. The smallest absolute Gasteiger partial charge is 0.336 e. The van der Waals surface area contributed by atoms with E-state index in [0.29, 0.717) is 25.8 Å². The zero-order chi connectivity index (χ0) is 42.1. The van der Waals surface area contributed by atoms with Gasteiger partial charge in [-0.15, -0.1) is 0 Å². The highest BCUT2D eigenvalue weighted by Gasteiger charge is 2.41. The fourth-order valence-corrected chi connectivity index (χ4v) is 10.6. The molecule has 0 saturated carbocycles. The summed E-state index contributed by atoms with van der Waals surface area (Å²) < 4.78 is 26.1. The third-order valence-electron chi connectivity index (χ3n) is 10.6. The molecule has 3 aromatic rings. The van der Waals surface area contributed by atoms with E-state index in [-0.39, 0.29) is 36.7 Å². The molecule has 1 aliphatic carbocycles. The van der Waals surface area contributed by atoms with Crippen LogP contribution in [0.5, 0.6) is 0 Å². The van der Waals surface area contributed by atoms with Crippen molar-refractivity contribution in [1.29, 1.82) is 0 Å². The van der Waals surface area contributed by atoms with Gasteiger partial charge in [0.1, 0.15) is 11.6 Å². The van der Waals surface area contributed by atoms with Crippen molar-refractivity contribution in [3.63, 3.8) is 0 Å². The monoisotopic (exact) mass is 814 g/mol. The van der Waals surface area contributed by atoms with Crippen molar-refractivity contribution in [3.8, 4) is 0 Å². The predicted octanol–water partition coefficient (Wildman–Crippen LogP) is 8.14. The van der Waals surface area contributed by atoms with Crippen molar-refractivity contribution < 1.29 is 32.8 Å². The summed E-state index contributed by atoms with van der Waals surface area (Å²) in [7, 11) is -3.53. The van der Waals surface area contributed by atoms with Gasteiger partial charge in [0.25, 0.3) is 0 Å². The number of benzene rings is 3. The molecule has 3 aromatic carbocycles. The fraction of sp³-hybridized carbons (Fsp3) is 0.522. The summed E-state index contributed by atoms with van der Waals surface area (Å²) in [6.45, 7) is 11.5. The average molecular weight is 815 g/mol. The molecule has 5 N–H and O–H groups in total. The number of rotatable bonds is 9. The third kappa shape index (κ3) is 13.1. The van der Waals surface area contributed by atoms with E-state index in [9.17, 15) is 23.7 Å². The highest BCUT2D eigenvalue weighted by Crippen LogP contribution is 2.57. The molecule has 314 valence electrons. The molecule has 4 amide bonds. The molecule has 4 atom stereocenters. The molecule has 4 unspecified atom stereocenters. The molecule has 12 heteroatoms. The Bertz CT molecular complexity index is 1980. The molecule has 1 saturated heterocycles. The summed E-state index contributed by atoms with van der Waals surface area (Å²) in [5.74, 6) is -2.18. The number of nitrogens with two attached hydrogens (primary N) is 1. The topological polar surface area (TPSA) is 166 Å². The normalized spacial score (nSPS) is 23.3. The van der Waals surface area contributed by atoms with Gasteiger partial charge < -0.3 is 30.7 Å². The Morgan fingerprint density at radius 1 is 0.879 bits per heavy atom. The Balaban J connectivity index is 1.44. The molecule has 1 heterocycles. The number of carbonyl (C=O) groups excluding carboxylic acids is 4. The van der Waals surface area contributed by atoms with E-state index in [1.807, 2.05) is 84.0 Å². The lowest BCUT2D eigenvalue weighted by Crippen LogP contribution is -2.62. The second kappa shape index (κ2) is 19.2. The Morgan fingerprint density at radius 2 is 1.55 bits per heavy atom. The van der Waals surface area contributed by atoms with E-state index in [1.165, 1.54) is 5.56 Å². The highest BCUT2D eigenvalue weighted by molar-refractivity contribution is 7.53. The van der Waals surface area contributed by atoms with Gasteiger partial charge in [-0.25, -0.2) is 0 Å². The van der Waals surface area contributed by atoms with Gasteiger partial charge in [-0.1, -0.05) is 91.7 Å². The minimum absolute atomic E-state index is 0.0579. The van der Waals surface area contributed by atoms with E-state index in [4.69, 9.17) is 14.8 Å². The van der Waals surface area contributed by atoms with Gasteiger partial charge in [0.05, 0.1) is 23.8 Å². The van der Waals surface area contributed by atoms with Crippen molar-refractivity contribution in [2.24, 2.45) is 11.7 Å². The van der Waals surface area contributed by atoms with Crippen LogP contribution in [-0.4, -0.2) is 53.0 Å². The average Bonchev–Trinajstić information content (AvgIpc) is 3.13. The number of amides is 4. The predicted molar refractivity (Wildman–Crippen MR) is 229 cm³/mol. The van der Waals surface area contributed by atoms with E-state index < -0.39 is 48.1 Å². The molecule has 0 radical (unpaired) electrons. The first kappa shape index (κ1) is 44.8. The van der Waals surface area contributed by atoms with Crippen LogP contribution in [0.4, 0.5) is 0 Å². The Labute approximate surface area is 344 Å². The van der Waals surface area contributed by atoms with Crippen LogP contribution in [0.1, 0.15) is 122 Å². The summed E-state index contributed by atoms with van der Waals surface area (Å²) in [5.41, 5.74) is 5.77. The molecule has 11 nitrogen and oxygen atoms in total. The SMILES string of the molecule is CC(C)(C)OP(=O)(Cc1ccc(C2CCCCC(Cc3cccc4ccccc34)CNC(=O)C(CC(N)=O)NC(=O)C3(C=CCCC3)NC(=O)C2)cc1)OC(C)(C)C. The first-order chi connectivity index (χ1) is 27.3. The first-order valence-electron chi connectivity index (χ1n) is 20.7. The lowest BCUT2D eigenvalue weighted by atomic mass is 9.84. The molecule has 1 spiro atoms. The maximum atomic E-state index is 14.1. The van der Waals surface area contributed by atoms with E-state index in [2.05, 4.69) is 46.3 Å². The van der Waals surface area contributed by atoms with Crippen molar-refractivity contribution in [1.82, 2.24) is 16.0 Å². The Hall–Kier alpha value is -4.31.